The van der Waals surface area contributed by atoms with Gasteiger partial charge in [0.25, 0.3) is 0 Å². The SMILES string of the molecule is Cc1cc2c(cc1C)-c1cc(N(C)C)ccc1C2. The lowest BCUT2D eigenvalue weighted by Gasteiger charge is -2.14. The minimum Gasteiger partial charge on any atom is -0.378 e. The summed E-state index contributed by atoms with van der Waals surface area (Å²) in [7, 11) is 4.19. The highest BCUT2D eigenvalue weighted by Gasteiger charge is 2.19. The quantitative estimate of drug-likeness (QED) is 0.619. The number of nitrogens with zero attached hydrogens (tertiary/aromatic N) is 1. The number of benzene rings is 2. The summed E-state index contributed by atoms with van der Waals surface area (Å²) >= 11 is 0. The third kappa shape index (κ3) is 1.62. The first-order valence-corrected chi connectivity index (χ1v) is 6.47. The van der Waals surface area contributed by atoms with Gasteiger partial charge in [0.05, 0.1) is 0 Å². The largest absolute Gasteiger partial charge is 0.378 e. The van der Waals surface area contributed by atoms with Crippen molar-refractivity contribution in [3.63, 3.8) is 0 Å². The number of anilines is 1. The van der Waals surface area contributed by atoms with Crippen LogP contribution in [0, 0.1) is 13.8 Å². The lowest BCUT2D eigenvalue weighted by molar-refractivity contribution is 1.13. The third-order valence-electron chi connectivity index (χ3n) is 4.00. The molecule has 0 atom stereocenters. The topological polar surface area (TPSA) is 3.24 Å². The number of aryl methyl sites for hydroxylation is 2. The molecule has 2 aromatic rings. The molecule has 0 spiro atoms. The van der Waals surface area contributed by atoms with Crippen molar-refractivity contribution in [1.82, 2.24) is 0 Å². The van der Waals surface area contributed by atoms with Crippen molar-refractivity contribution in [1.29, 1.82) is 0 Å². The van der Waals surface area contributed by atoms with E-state index in [1.807, 2.05) is 0 Å². The summed E-state index contributed by atoms with van der Waals surface area (Å²) in [6.07, 6.45) is 1.08. The van der Waals surface area contributed by atoms with Crippen LogP contribution in [0.15, 0.2) is 30.3 Å². The standard InChI is InChI=1S/C17H19N/c1-11-7-14-9-13-5-6-15(18(3)4)10-17(13)16(14)8-12(11)2/h5-8,10H,9H2,1-4H3. The molecule has 0 heterocycles. The Balaban J connectivity index is 2.19. The maximum absolute atomic E-state index is 2.35. The summed E-state index contributed by atoms with van der Waals surface area (Å²) in [5.41, 5.74) is 9.84. The molecule has 0 saturated carbocycles. The van der Waals surface area contributed by atoms with Gasteiger partial charge >= 0.3 is 0 Å². The summed E-state index contributed by atoms with van der Waals surface area (Å²) in [6, 6.07) is 11.5. The zero-order chi connectivity index (χ0) is 12.9. The molecule has 3 rings (SSSR count). The summed E-state index contributed by atoms with van der Waals surface area (Å²) in [5, 5.41) is 0. The van der Waals surface area contributed by atoms with E-state index in [0.29, 0.717) is 0 Å². The Labute approximate surface area is 109 Å². The number of rotatable bonds is 1. The lowest BCUT2D eigenvalue weighted by atomic mass is 9.99. The van der Waals surface area contributed by atoms with Gasteiger partial charge in [0.2, 0.25) is 0 Å². The minimum absolute atomic E-state index is 1.08. The summed E-state index contributed by atoms with van der Waals surface area (Å²) in [5.74, 6) is 0. The van der Waals surface area contributed by atoms with E-state index < -0.39 is 0 Å². The van der Waals surface area contributed by atoms with Crippen molar-refractivity contribution < 1.29 is 0 Å². The molecular weight excluding hydrogens is 218 g/mol. The van der Waals surface area contributed by atoms with Crippen LogP contribution < -0.4 is 4.90 Å². The maximum Gasteiger partial charge on any atom is 0.0367 e. The van der Waals surface area contributed by atoms with Gasteiger partial charge in [-0.2, -0.15) is 0 Å². The normalized spacial score (nSPS) is 12.2. The van der Waals surface area contributed by atoms with Crippen molar-refractivity contribution in [3.8, 4) is 11.1 Å². The van der Waals surface area contributed by atoms with Gasteiger partial charge in [0.15, 0.2) is 0 Å². The fourth-order valence-corrected chi connectivity index (χ4v) is 2.73. The molecule has 0 aromatic heterocycles. The fraction of sp³-hybridized carbons (Fsp3) is 0.294. The van der Waals surface area contributed by atoms with E-state index in [2.05, 4.69) is 63.2 Å². The van der Waals surface area contributed by atoms with Crippen LogP contribution in [0.25, 0.3) is 11.1 Å². The molecule has 1 aliphatic carbocycles. The van der Waals surface area contributed by atoms with Crippen LogP contribution in [0.2, 0.25) is 0 Å². The summed E-state index contributed by atoms with van der Waals surface area (Å²) in [6.45, 7) is 4.40. The first kappa shape index (κ1) is 11.3. The van der Waals surface area contributed by atoms with Crippen molar-refractivity contribution in [3.05, 3.63) is 52.6 Å². The molecule has 1 aliphatic rings. The second kappa shape index (κ2) is 3.88. The molecule has 18 heavy (non-hydrogen) atoms. The molecule has 1 nitrogen and oxygen atoms in total. The van der Waals surface area contributed by atoms with Gasteiger partial charge in [-0.3, -0.25) is 0 Å². The molecular formula is C17H19N. The maximum atomic E-state index is 2.35. The van der Waals surface area contributed by atoms with Crippen LogP contribution in [0.3, 0.4) is 0 Å². The number of fused-ring (bicyclic) bond motifs is 3. The molecule has 1 heteroatoms. The molecule has 0 aliphatic heterocycles. The molecule has 0 fully saturated rings. The zero-order valence-electron chi connectivity index (χ0n) is 11.5. The van der Waals surface area contributed by atoms with Gasteiger partial charge in [0, 0.05) is 19.8 Å². The van der Waals surface area contributed by atoms with Crippen molar-refractivity contribution >= 4 is 5.69 Å². The van der Waals surface area contributed by atoms with Crippen molar-refractivity contribution in [2.75, 3.05) is 19.0 Å². The van der Waals surface area contributed by atoms with E-state index in [1.54, 1.807) is 0 Å². The third-order valence-corrected chi connectivity index (χ3v) is 4.00. The highest BCUT2D eigenvalue weighted by Crippen LogP contribution is 2.39. The van der Waals surface area contributed by atoms with Crippen LogP contribution in [0.1, 0.15) is 22.3 Å². The van der Waals surface area contributed by atoms with Crippen molar-refractivity contribution in [2.45, 2.75) is 20.3 Å². The first-order chi connectivity index (χ1) is 8.56. The highest BCUT2D eigenvalue weighted by molar-refractivity contribution is 5.80. The Morgan fingerprint density at radius 2 is 1.50 bits per heavy atom. The van der Waals surface area contributed by atoms with Gasteiger partial charge in [-0.25, -0.2) is 0 Å². The number of hydrogen-bond donors (Lipinski definition) is 0. The van der Waals surface area contributed by atoms with Crippen molar-refractivity contribution in [2.24, 2.45) is 0 Å². The van der Waals surface area contributed by atoms with E-state index in [0.717, 1.165) is 6.42 Å². The predicted octanol–water partition coefficient (Wildman–Crippen LogP) is 3.94. The van der Waals surface area contributed by atoms with Crippen LogP contribution in [0.4, 0.5) is 5.69 Å². The second-order valence-corrected chi connectivity index (χ2v) is 5.51. The Morgan fingerprint density at radius 1 is 0.833 bits per heavy atom. The van der Waals surface area contributed by atoms with Crippen LogP contribution in [-0.2, 0) is 6.42 Å². The van der Waals surface area contributed by atoms with E-state index in [4.69, 9.17) is 0 Å². The van der Waals surface area contributed by atoms with E-state index in [-0.39, 0.29) is 0 Å². The second-order valence-electron chi connectivity index (χ2n) is 5.51. The van der Waals surface area contributed by atoms with Gasteiger partial charge < -0.3 is 4.90 Å². The molecule has 0 radical (unpaired) electrons. The van der Waals surface area contributed by atoms with Gasteiger partial charge in [-0.15, -0.1) is 0 Å². The Bertz CT molecular complexity index is 624. The van der Waals surface area contributed by atoms with E-state index in [1.165, 1.54) is 39.1 Å². The predicted molar refractivity (Wildman–Crippen MR) is 78.5 cm³/mol. The molecule has 92 valence electrons. The molecule has 0 bridgehead atoms. The Morgan fingerprint density at radius 3 is 2.22 bits per heavy atom. The summed E-state index contributed by atoms with van der Waals surface area (Å²) < 4.78 is 0. The highest BCUT2D eigenvalue weighted by atomic mass is 15.1. The van der Waals surface area contributed by atoms with Gasteiger partial charge in [0.1, 0.15) is 0 Å². The molecule has 0 saturated heterocycles. The lowest BCUT2D eigenvalue weighted by Crippen LogP contribution is -2.08. The monoisotopic (exact) mass is 237 g/mol. The Kier molecular flexibility index (Phi) is 2.44. The fourth-order valence-electron chi connectivity index (χ4n) is 2.73. The van der Waals surface area contributed by atoms with Crippen LogP contribution in [0.5, 0.6) is 0 Å². The first-order valence-electron chi connectivity index (χ1n) is 6.47. The van der Waals surface area contributed by atoms with Crippen LogP contribution >= 0.6 is 0 Å². The van der Waals surface area contributed by atoms with E-state index in [9.17, 15) is 0 Å². The molecule has 0 amide bonds. The van der Waals surface area contributed by atoms with Gasteiger partial charge in [-0.05, 0) is 65.8 Å². The minimum atomic E-state index is 1.08. The average molecular weight is 237 g/mol. The number of hydrogen-bond acceptors (Lipinski definition) is 1. The van der Waals surface area contributed by atoms with E-state index >= 15 is 0 Å². The summed E-state index contributed by atoms with van der Waals surface area (Å²) in [4.78, 5) is 2.17. The average Bonchev–Trinajstić information content (AvgIpc) is 2.66. The Hall–Kier alpha value is -1.76. The molecule has 0 unspecified atom stereocenters. The van der Waals surface area contributed by atoms with Gasteiger partial charge in [-0.1, -0.05) is 18.2 Å². The molecule has 0 N–H and O–H groups in total. The zero-order valence-corrected chi connectivity index (χ0v) is 11.5. The molecule has 2 aromatic carbocycles. The van der Waals surface area contributed by atoms with Crippen LogP contribution in [-0.4, -0.2) is 14.1 Å². The smallest absolute Gasteiger partial charge is 0.0367 e.